The smallest absolute Gasteiger partial charge is 0.243 e. The van der Waals surface area contributed by atoms with E-state index >= 15 is 0 Å². The van der Waals surface area contributed by atoms with Gasteiger partial charge >= 0.3 is 0 Å². The lowest BCUT2D eigenvalue weighted by atomic mass is 10.2. The predicted molar refractivity (Wildman–Crippen MR) is 99.1 cm³/mol. The average molecular weight is 352 g/mol. The van der Waals surface area contributed by atoms with Gasteiger partial charge in [0.2, 0.25) is 5.91 Å². The summed E-state index contributed by atoms with van der Waals surface area (Å²) >= 11 is 0. The zero-order valence-electron chi connectivity index (χ0n) is 14.9. The number of ether oxygens (including phenoxy) is 1. The first-order valence-electron chi connectivity index (χ1n) is 8.08. The van der Waals surface area contributed by atoms with E-state index in [1.54, 1.807) is 18.8 Å². The van der Waals surface area contributed by atoms with Crippen molar-refractivity contribution in [3.8, 4) is 17.1 Å². The number of anilines is 2. The van der Waals surface area contributed by atoms with E-state index in [2.05, 4.69) is 26.2 Å². The third kappa shape index (κ3) is 3.97. The number of rotatable bonds is 6. The molecule has 0 spiro atoms. The standard InChI is InChI=1S/C18H20N6O2/c1-12-7-8-16(26-3)15(9-12)20-17(25)11-19-14-6-4-5-13(10-14)18-21-22-23-24(18)2/h4-10,19H,11H2,1-3H3,(H,20,25). The van der Waals surface area contributed by atoms with Crippen LogP contribution < -0.4 is 15.4 Å². The van der Waals surface area contributed by atoms with Crippen molar-refractivity contribution in [3.05, 3.63) is 48.0 Å². The van der Waals surface area contributed by atoms with Crippen molar-refractivity contribution < 1.29 is 9.53 Å². The summed E-state index contributed by atoms with van der Waals surface area (Å²) < 4.78 is 6.87. The van der Waals surface area contributed by atoms with Gasteiger partial charge < -0.3 is 15.4 Å². The second-order valence-corrected chi connectivity index (χ2v) is 5.81. The summed E-state index contributed by atoms with van der Waals surface area (Å²) in [6.45, 7) is 2.08. The molecule has 1 aromatic heterocycles. The molecule has 8 heteroatoms. The van der Waals surface area contributed by atoms with Crippen molar-refractivity contribution in [2.45, 2.75) is 6.92 Å². The molecule has 0 unspecified atom stereocenters. The minimum atomic E-state index is -0.167. The molecule has 3 aromatic rings. The Kier molecular flexibility index (Phi) is 5.12. The first kappa shape index (κ1) is 17.4. The van der Waals surface area contributed by atoms with Crippen molar-refractivity contribution in [2.75, 3.05) is 24.3 Å². The van der Waals surface area contributed by atoms with Crippen LogP contribution in [0, 0.1) is 6.92 Å². The minimum absolute atomic E-state index is 0.123. The van der Waals surface area contributed by atoms with Gasteiger partial charge in [0.1, 0.15) is 5.75 Å². The zero-order valence-corrected chi connectivity index (χ0v) is 14.9. The lowest BCUT2D eigenvalue weighted by Gasteiger charge is -2.12. The maximum atomic E-state index is 12.3. The summed E-state index contributed by atoms with van der Waals surface area (Å²) in [6.07, 6.45) is 0. The van der Waals surface area contributed by atoms with E-state index in [9.17, 15) is 4.79 Å². The highest BCUT2D eigenvalue weighted by atomic mass is 16.5. The minimum Gasteiger partial charge on any atom is -0.495 e. The van der Waals surface area contributed by atoms with E-state index in [4.69, 9.17) is 4.74 Å². The average Bonchev–Trinajstić information content (AvgIpc) is 3.06. The molecule has 0 atom stereocenters. The normalized spacial score (nSPS) is 10.4. The quantitative estimate of drug-likeness (QED) is 0.707. The summed E-state index contributed by atoms with van der Waals surface area (Å²) in [7, 11) is 3.35. The van der Waals surface area contributed by atoms with E-state index < -0.39 is 0 Å². The number of hydrogen-bond acceptors (Lipinski definition) is 6. The molecule has 0 fully saturated rings. The van der Waals surface area contributed by atoms with Crippen molar-refractivity contribution in [1.29, 1.82) is 0 Å². The Morgan fingerprint density at radius 3 is 2.81 bits per heavy atom. The van der Waals surface area contributed by atoms with Crippen LogP contribution in [0.15, 0.2) is 42.5 Å². The summed E-state index contributed by atoms with van der Waals surface area (Å²) in [6, 6.07) is 13.2. The topological polar surface area (TPSA) is 94.0 Å². The van der Waals surface area contributed by atoms with Crippen LogP contribution in [-0.4, -0.2) is 39.8 Å². The monoisotopic (exact) mass is 352 g/mol. The fourth-order valence-electron chi connectivity index (χ4n) is 2.54. The van der Waals surface area contributed by atoms with E-state index in [-0.39, 0.29) is 12.5 Å². The Morgan fingerprint density at radius 2 is 2.08 bits per heavy atom. The van der Waals surface area contributed by atoms with Crippen molar-refractivity contribution >= 4 is 17.3 Å². The molecule has 0 aliphatic rings. The van der Waals surface area contributed by atoms with Crippen LogP contribution in [0.25, 0.3) is 11.4 Å². The van der Waals surface area contributed by atoms with Crippen molar-refractivity contribution in [1.82, 2.24) is 20.2 Å². The van der Waals surface area contributed by atoms with Crippen molar-refractivity contribution in [3.63, 3.8) is 0 Å². The number of methoxy groups -OCH3 is 1. The number of aryl methyl sites for hydroxylation is 2. The maximum absolute atomic E-state index is 12.3. The van der Waals surface area contributed by atoms with Gasteiger partial charge in [-0.25, -0.2) is 4.68 Å². The molecule has 134 valence electrons. The largest absolute Gasteiger partial charge is 0.495 e. The Labute approximate surface area is 151 Å². The number of benzene rings is 2. The number of carbonyl (C=O) groups is 1. The molecular formula is C18H20N6O2. The molecule has 1 heterocycles. The number of amides is 1. The molecule has 0 radical (unpaired) electrons. The highest BCUT2D eigenvalue weighted by Gasteiger charge is 2.09. The fourth-order valence-corrected chi connectivity index (χ4v) is 2.54. The van der Waals surface area contributed by atoms with Gasteiger partial charge in [0.25, 0.3) is 0 Å². The predicted octanol–water partition coefficient (Wildman–Crippen LogP) is 2.24. The van der Waals surface area contributed by atoms with E-state index in [1.807, 2.05) is 49.4 Å². The third-order valence-corrected chi connectivity index (χ3v) is 3.82. The van der Waals surface area contributed by atoms with Gasteiger partial charge in [0.15, 0.2) is 5.82 Å². The van der Waals surface area contributed by atoms with Gasteiger partial charge in [-0.15, -0.1) is 5.10 Å². The van der Waals surface area contributed by atoms with E-state index in [0.717, 1.165) is 16.8 Å². The second kappa shape index (κ2) is 7.64. The molecule has 0 saturated heterocycles. The lowest BCUT2D eigenvalue weighted by Crippen LogP contribution is -2.22. The molecule has 0 bridgehead atoms. The molecule has 0 aliphatic carbocycles. The van der Waals surface area contributed by atoms with Gasteiger partial charge in [-0.2, -0.15) is 0 Å². The Hall–Kier alpha value is -3.42. The molecule has 1 amide bonds. The molecule has 2 aromatic carbocycles. The van der Waals surface area contributed by atoms with Crippen LogP contribution in [0.5, 0.6) is 5.75 Å². The van der Waals surface area contributed by atoms with Gasteiger partial charge in [-0.3, -0.25) is 4.79 Å². The Balaban J connectivity index is 1.65. The molecule has 0 aliphatic heterocycles. The van der Waals surface area contributed by atoms with E-state index in [1.165, 1.54) is 0 Å². The molecule has 3 rings (SSSR count). The third-order valence-electron chi connectivity index (χ3n) is 3.82. The highest BCUT2D eigenvalue weighted by molar-refractivity contribution is 5.95. The summed E-state index contributed by atoms with van der Waals surface area (Å²) in [5.41, 5.74) is 3.36. The molecular weight excluding hydrogens is 332 g/mol. The van der Waals surface area contributed by atoms with Crippen LogP contribution in [0.3, 0.4) is 0 Å². The summed E-state index contributed by atoms with van der Waals surface area (Å²) in [5.74, 6) is 1.11. The van der Waals surface area contributed by atoms with Crippen LogP contribution in [-0.2, 0) is 11.8 Å². The molecule has 26 heavy (non-hydrogen) atoms. The number of carbonyl (C=O) groups excluding carboxylic acids is 1. The van der Waals surface area contributed by atoms with Gasteiger partial charge in [0.05, 0.1) is 19.3 Å². The van der Waals surface area contributed by atoms with Gasteiger partial charge in [-0.05, 0) is 47.2 Å². The lowest BCUT2D eigenvalue weighted by molar-refractivity contribution is -0.114. The molecule has 0 saturated carbocycles. The number of hydrogen-bond donors (Lipinski definition) is 2. The zero-order chi connectivity index (χ0) is 18.5. The van der Waals surface area contributed by atoms with E-state index in [0.29, 0.717) is 17.3 Å². The number of nitrogens with one attached hydrogen (secondary N) is 2. The maximum Gasteiger partial charge on any atom is 0.243 e. The SMILES string of the molecule is COc1ccc(C)cc1NC(=O)CNc1cccc(-c2nnnn2C)c1. The van der Waals surface area contributed by atoms with Crippen LogP contribution in [0.1, 0.15) is 5.56 Å². The van der Waals surface area contributed by atoms with Crippen LogP contribution >= 0.6 is 0 Å². The highest BCUT2D eigenvalue weighted by Crippen LogP contribution is 2.25. The van der Waals surface area contributed by atoms with Gasteiger partial charge in [0, 0.05) is 18.3 Å². The second-order valence-electron chi connectivity index (χ2n) is 5.81. The van der Waals surface area contributed by atoms with Crippen molar-refractivity contribution in [2.24, 2.45) is 7.05 Å². The molecule has 2 N–H and O–H groups in total. The summed E-state index contributed by atoms with van der Waals surface area (Å²) in [4.78, 5) is 12.3. The summed E-state index contributed by atoms with van der Waals surface area (Å²) in [5, 5.41) is 17.4. The van der Waals surface area contributed by atoms with Crippen LogP contribution in [0.2, 0.25) is 0 Å². The first-order valence-corrected chi connectivity index (χ1v) is 8.08. The number of aromatic nitrogens is 4. The Morgan fingerprint density at radius 1 is 1.23 bits per heavy atom. The molecule has 8 nitrogen and oxygen atoms in total. The number of nitrogens with zero attached hydrogens (tertiary/aromatic N) is 4. The van der Waals surface area contributed by atoms with Crippen LogP contribution in [0.4, 0.5) is 11.4 Å². The fraction of sp³-hybridized carbons (Fsp3) is 0.222. The Bertz CT molecular complexity index is 922. The van der Waals surface area contributed by atoms with Gasteiger partial charge in [-0.1, -0.05) is 18.2 Å². The number of tetrazole rings is 1. The first-order chi connectivity index (χ1) is 12.6.